The first kappa shape index (κ1) is 58.7. The van der Waals surface area contributed by atoms with E-state index < -0.39 is 0 Å². The highest BCUT2D eigenvalue weighted by Crippen LogP contribution is 2.56. The van der Waals surface area contributed by atoms with Gasteiger partial charge < -0.3 is 0 Å². The highest BCUT2D eigenvalue weighted by Gasteiger charge is 2.29. The Labute approximate surface area is 466 Å². The van der Waals surface area contributed by atoms with E-state index in [1.54, 1.807) is 22.7 Å². The van der Waals surface area contributed by atoms with Crippen LogP contribution in [0.1, 0.15) is 254 Å². The number of unbranched alkanes of at least 4 members (excludes halogenated alkanes) is 24. The molecule has 0 spiro atoms. The van der Waals surface area contributed by atoms with Crippen LogP contribution in [0.2, 0.25) is 0 Å². The van der Waals surface area contributed by atoms with Gasteiger partial charge in [0.25, 0.3) is 0 Å². The lowest BCUT2D eigenvalue weighted by Gasteiger charge is -2.18. The summed E-state index contributed by atoms with van der Waals surface area (Å²) in [5.41, 5.74) is 2.99. The second kappa shape index (κ2) is 31.4. The van der Waals surface area contributed by atoms with Gasteiger partial charge in [-0.1, -0.05) is 270 Å². The second-order valence-corrected chi connectivity index (χ2v) is 25.0. The zero-order valence-electron chi connectivity index (χ0n) is 47.4. The number of nitrogens with zero attached hydrogens (tertiary/aromatic N) is 4. The molecule has 402 valence electrons. The molecular weight excluding hydrogens is 961 g/mol. The van der Waals surface area contributed by atoms with Gasteiger partial charge in [0.2, 0.25) is 0 Å². The minimum Gasteiger partial charge on any atom is -0.192 e. The topological polar surface area (TPSA) is 95.2 Å². The van der Waals surface area contributed by atoms with Crippen LogP contribution in [0, 0.1) is 57.2 Å². The summed E-state index contributed by atoms with van der Waals surface area (Å²) in [6.07, 6.45) is 47.2. The predicted octanol–water partition coefficient (Wildman–Crippen LogP) is 23.3. The predicted molar refractivity (Wildman–Crippen MR) is 333 cm³/mol. The quantitative estimate of drug-likeness (QED) is 0.0219. The van der Waals surface area contributed by atoms with Crippen LogP contribution in [0.15, 0.2) is 47.5 Å². The molecule has 0 bridgehead atoms. The highest BCUT2D eigenvalue weighted by molar-refractivity contribution is 7.22. The van der Waals surface area contributed by atoms with Crippen LogP contribution in [-0.2, 0) is 12.8 Å². The van der Waals surface area contributed by atoms with Gasteiger partial charge in [0, 0.05) is 40.7 Å². The maximum Gasteiger partial charge on any atom is 0.131 e. The van der Waals surface area contributed by atoms with E-state index >= 15 is 0 Å². The minimum atomic E-state index is 0.172. The van der Waals surface area contributed by atoms with Crippen molar-refractivity contribution in [2.45, 2.75) is 246 Å². The largest absolute Gasteiger partial charge is 0.192 e. The SMILES string of the molecule is CCCCCCCCCCC(CCCCCCCC)Cc1c(C=C(C#N)C#N)sc2c1c1cccc3c1c2c1cccc2c4c(CC(CCCCCCCC)CCCCCCCCCC)c(C=C(C#N)C#N)sc4c3c21. The number of nitriles is 4. The lowest BCUT2D eigenvalue weighted by Crippen LogP contribution is -2.06. The number of thiophene rings is 2. The summed E-state index contributed by atoms with van der Waals surface area (Å²) in [6, 6.07) is 22.8. The Balaban J connectivity index is 1.34. The van der Waals surface area contributed by atoms with Crippen LogP contribution >= 0.6 is 22.7 Å². The Kier molecular flexibility index (Phi) is 24.3. The first-order chi connectivity index (χ1) is 37.5. The summed E-state index contributed by atoms with van der Waals surface area (Å²) >= 11 is 3.60. The van der Waals surface area contributed by atoms with Crippen molar-refractivity contribution in [1.29, 1.82) is 21.0 Å². The van der Waals surface area contributed by atoms with Crippen molar-refractivity contribution in [1.82, 2.24) is 0 Å². The van der Waals surface area contributed by atoms with E-state index in [0.717, 1.165) is 22.6 Å². The average Bonchev–Trinajstić information content (AvgIpc) is 4.33. The number of allylic oxidation sites excluding steroid dienone is 2. The van der Waals surface area contributed by atoms with Crippen LogP contribution in [0.3, 0.4) is 0 Å². The molecule has 0 radical (unpaired) electrons. The van der Waals surface area contributed by atoms with Gasteiger partial charge in [-0.05, 0) is 80.3 Å². The molecule has 0 aliphatic heterocycles. The fourth-order valence-electron chi connectivity index (χ4n) is 13.0. The number of hydrogen-bond acceptors (Lipinski definition) is 6. The van der Waals surface area contributed by atoms with Crippen LogP contribution < -0.4 is 0 Å². The molecule has 2 atom stereocenters. The summed E-state index contributed by atoms with van der Waals surface area (Å²) in [7, 11) is 0. The van der Waals surface area contributed by atoms with Gasteiger partial charge >= 0.3 is 0 Å². The first-order valence-electron chi connectivity index (χ1n) is 30.8. The van der Waals surface area contributed by atoms with Crippen molar-refractivity contribution in [3.8, 4) is 24.3 Å². The molecule has 0 amide bonds. The Hall–Kier alpha value is -4.98. The molecule has 76 heavy (non-hydrogen) atoms. The summed E-state index contributed by atoms with van der Waals surface area (Å²) in [5, 5.41) is 53.8. The maximum absolute atomic E-state index is 10.2. The number of fused-ring (bicyclic) bond motifs is 8. The molecule has 7 rings (SSSR count). The zero-order valence-corrected chi connectivity index (χ0v) is 49.1. The third-order valence-corrected chi connectivity index (χ3v) is 19.5. The minimum absolute atomic E-state index is 0.172. The molecule has 2 unspecified atom stereocenters. The third kappa shape index (κ3) is 14.8. The molecular formula is C70H90N4S2. The van der Waals surface area contributed by atoms with Gasteiger partial charge in [0.15, 0.2) is 0 Å². The summed E-state index contributed by atoms with van der Waals surface area (Å²) in [5.74, 6) is 1.08. The van der Waals surface area contributed by atoms with E-state index in [2.05, 4.69) is 88.4 Å². The number of hydrogen-bond donors (Lipinski definition) is 0. The van der Waals surface area contributed by atoms with Crippen LogP contribution in [0.5, 0.6) is 0 Å². The van der Waals surface area contributed by atoms with Crippen LogP contribution in [0.4, 0.5) is 0 Å². The van der Waals surface area contributed by atoms with E-state index in [-0.39, 0.29) is 11.1 Å². The van der Waals surface area contributed by atoms with Gasteiger partial charge in [-0.15, -0.1) is 22.7 Å². The first-order valence-corrected chi connectivity index (χ1v) is 32.5. The summed E-state index contributed by atoms with van der Waals surface area (Å²) in [4.78, 5) is 2.16. The Bertz CT molecular complexity index is 2890. The average molecular weight is 1050 g/mol. The lowest BCUT2D eigenvalue weighted by atomic mass is 9.87. The molecule has 0 fully saturated rings. The van der Waals surface area contributed by atoms with Crippen molar-refractivity contribution < 1.29 is 0 Å². The van der Waals surface area contributed by atoms with Crippen molar-refractivity contribution in [2.24, 2.45) is 11.8 Å². The monoisotopic (exact) mass is 1050 g/mol. The molecule has 2 aromatic heterocycles. The zero-order chi connectivity index (χ0) is 53.5. The fraction of sp³-hybridized carbons (Fsp3) is 0.571. The van der Waals surface area contributed by atoms with E-state index in [9.17, 15) is 21.0 Å². The summed E-state index contributed by atoms with van der Waals surface area (Å²) in [6.45, 7) is 9.18. The Morgan fingerprint density at radius 2 is 0.632 bits per heavy atom. The smallest absolute Gasteiger partial charge is 0.131 e. The molecule has 2 heterocycles. The standard InChI is InChI=1S/C70H90N4S2/c1-5-9-13-17-21-23-27-31-37-51(35-29-25-19-15-11-7-3)43-59-61(45-53(47-71)48-72)75-69-65(59)55-39-33-41-57-63(55)67(69)58-42-34-40-56-64(58)68(57)70-66(56)60(62(76-70)46-54(49-73)50-74)44-52(36-30-26-20-16-12-8-4)38-32-28-24-22-18-14-10-6-2/h33-34,39-42,45-46,51-52H,5-32,35-38,43-44H2,1-4H3. The van der Waals surface area contributed by atoms with E-state index in [4.69, 9.17) is 0 Å². The number of rotatable bonds is 38. The Morgan fingerprint density at radius 3 is 0.908 bits per heavy atom. The van der Waals surface area contributed by atoms with Crippen molar-refractivity contribution in [2.75, 3.05) is 0 Å². The van der Waals surface area contributed by atoms with Gasteiger partial charge in [0.05, 0.1) is 0 Å². The van der Waals surface area contributed by atoms with E-state index in [0.29, 0.717) is 11.8 Å². The highest BCUT2D eigenvalue weighted by atomic mass is 32.1. The molecule has 5 aromatic carbocycles. The molecule has 0 N–H and O–H groups in total. The fourth-order valence-corrected chi connectivity index (χ4v) is 15.7. The molecule has 0 aliphatic rings. The van der Waals surface area contributed by atoms with Crippen molar-refractivity contribution >= 4 is 98.1 Å². The van der Waals surface area contributed by atoms with Crippen molar-refractivity contribution in [3.05, 3.63) is 68.4 Å². The van der Waals surface area contributed by atoms with E-state index in [1.165, 1.54) is 280 Å². The van der Waals surface area contributed by atoms with Crippen molar-refractivity contribution in [3.63, 3.8) is 0 Å². The molecule has 6 heteroatoms. The second-order valence-electron chi connectivity index (χ2n) is 22.8. The molecule has 4 nitrogen and oxygen atoms in total. The lowest BCUT2D eigenvalue weighted by molar-refractivity contribution is 0.401. The van der Waals surface area contributed by atoms with Gasteiger partial charge in [-0.2, -0.15) is 21.0 Å². The summed E-state index contributed by atoms with van der Waals surface area (Å²) < 4.78 is 2.57. The normalized spacial score (nSPS) is 12.5. The molecule has 0 aliphatic carbocycles. The van der Waals surface area contributed by atoms with Crippen LogP contribution in [0.25, 0.3) is 75.4 Å². The maximum atomic E-state index is 10.2. The van der Waals surface area contributed by atoms with Gasteiger partial charge in [-0.25, -0.2) is 0 Å². The molecule has 7 aromatic rings. The van der Waals surface area contributed by atoms with Gasteiger partial charge in [0.1, 0.15) is 35.4 Å². The number of benzene rings is 3. The third-order valence-electron chi connectivity index (χ3n) is 17.1. The molecule has 0 saturated carbocycles. The van der Waals surface area contributed by atoms with E-state index in [1.807, 2.05) is 12.2 Å². The Morgan fingerprint density at radius 1 is 0.368 bits per heavy atom. The molecule has 0 saturated heterocycles. The van der Waals surface area contributed by atoms with Crippen LogP contribution in [-0.4, -0.2) is 0 Å². The van der Waals surface area contributed by atoms with Gasteiger partial charge in [-0.3, -0.25) is 0 Å².